The van der Waals surface area contributed by atoms with Crippen molar-refractivity contribution in [1.82, 2.24) is 15.0 Å². The smallest absolute Gasteiger partial charge is 0.358 e. The molecule has 0 aliphatic heterocycles. The van der Waals surface area contributed by atoms with E-state index >= 15 is 0 Å². The highest BCUT2D eigenvalue weighted by Crippen LogP contribution is 2.22. The molecule has 1 aromatic carbocycles. The number of nitrogens with zero attached hydrogens (tertiary/aromatic N) is 3. The van der Waals surface area contributed by atoms with Crippen LogP contribution >= 0.6 is 0 Å². The molecule has 0 unspecified atom stereocenters. The van der Waals surface area contributed by atoms with Crippen LogP contribution in [0.15, 0.2) is 24.3 Å². The molecule has 0 saturated carbocycles. The molecular weight excluding hydrogens is 258 g/mol. The van der Waals surface area contributed by atoms with Crippen molar-refractivity contribution in [3.8, 4) is 11.4 Å². The highest BCUT2D eigenvalue weighted by atomic mass is 16.5. The predicted octanol–water partition coefficient (Wildman–Crippen LogP) is 2.49. The number of aromatic carboxylic acids is 1. The largest absolute Gasteiger partial charge is 0.494 e. The number of carboxylic acid groups (broad SMARTS) is 1. The van der Waals surface area contributed by atoms with Crippen LogP contribution in [0.4, 0.5) is 0 Å². The second kappa shape index (κ2) is 5.73. The van der Waals surface area contributed by atoms with Gasteiger partial charge in [-0.3, -0.25) is 0 Å². The summed E-state index contributed by atoms with van der Waals surface area (Å²) in [5.74, 6) is -0.297. The highest BCUT2D eigenvalue weighted by molar-refractivity contribution is 5.86. The van der Waals surface area contributed by atoms with Gasteiger partial charge in [-0.05, 0) is 37.1 Å². The fourth-order valence-corrected chi connectivity index (χ4v) is 2.00. The fourth-order valence-electron chi connectivity index (χ4n) is 2.00. The zero-order valence-corrected chi connectivity index (χ0v) is 11.7. The van der Waals surface area contributed by atoms with Crippen molar-refractivity contribution >= 4 is 5.97 Å². The normalized spacial score (nSPS) is 10.8. The van der Waals surface area contributed by atoms with Crippen LogP contribution in [0.3, 0.4) is 0 Å². The van der Waals surface area contributed by atoms with Gasteiger partial charge in [-0.2, -0.15) is 0 Å². The van der Waals surface area contributed by atoms with E-state index in [1.54, 1.807) is 4.68 Å². The summed E-state index contributed by atoms with van der Waals surface area (Å²) < 4.78 is 6.94. The first-order valence-electron chi connectivity index (χ1n) is 6.46. The van der Waals surface area contributed by atoms with Crippen LogP contribution in [-0.2, 0) is 0 Å². The molecule has 20 heavy (non-hydrogen) atoms. The third-order valence-corrected chi connectivity index (χ3v) is 2.85. The third kappa shape index (κ3) is 2.64. The zero-order valence-electron chi connectivity index (χ0n) is 11.7. The molecule has 0 bridgehead atoms. The van der Waals surface area contributed by atoms with Gasteiger partial charge in [-0.1, -0.05) is 19.1 Å². The van der Waals surface area contributed by atoms with Gasteiger partial charge in [0, 0.05) is 0 Å². The van der Waals surface area contributed by atoms with E-state index in [4.69, 9.17) is 9.84 Å². The quantitative estimate of drug-likeness (QED) is 0.907. The highest BCUT2D eigenvalue weighted by Gasteiger charge is 2.22. The Morgan fingerprint density at radius 2 is 2.00 bits per heavy atom. The van der Waals surface area contributed by atoms with Gasteiger partial charge in [0.2, 0.25) is 0 Å². The topological polar surface area (TPSA) is 77.2 Å². The number of rotatable bonds is 5. The molecular formula is C14H17N3O3. The summed E-state index contributed by atoms with van der Waals surface area (Å²) in [5.41, 5.74) is 1.34. The summed E-state index contributed by atoms with van der Waals surface area (Å²) in [6.07, 6.45) is 0. The number of benzene rings is 1. The van der Waals surface area contributed by atoms with Crippen LogP contribution in [-0.4, -0.2) is 32.7 Å². The molecule has 6 heteroatoms. The van der Waals surface area contributed by atoms with Crippen LogP contribution in [0.1, 0.15) is 42.9 Å². The second-order valence-electron chi connectivity index (χ2n) is 4.62. The lowest BCUT2D eigenvalue weighted by Gasteiger charge is -2.10. The SMILES string of the molecule is CCOc1ccc(-n2nnc(C(=O)O)c2C(C)C)cc1. The Bertz CT molecular complexity index is 603. The number of hydrogen-bond donors (Lipinski definition) is 1. The van der Waals surface area contributed by atoms with E-state index in [0.29, 0.717) is 12.3 Å². The van der Waals surface area contributed by atoms with Gasteiger partial charge in [0.15, 0.2) is 5.69 Å². The van der Waals surface area contributed by atoms with Gasteiger partial charge in [0.05, 0.1) is 18.0 Å². The monoisotopic (exact) mass is 275 g/mol. The number of carboxylic acids is 1. The van der Waals surface area contributed by atoms with Crippen molar-refractivity contribution in [2.45, 2.75) is 26.7 Å². The molecule has 1 heterocycles. The lowest BCUT2D eigenvalue weighted by Crippen LogP contribution is -2.08. The fraction of sp³-hybridized carbons (Fsp3) is 0.357. The Morgan fingerprint density at radius 3 is 2.50 bits per heavy atom. The van der Waals surface area contributed by atoms with E-state index in [-0.39, 0.29) is 11.6 Å². The maximum absolute atomic E-state index is 11.2. The molecule has 2 rings (SSSR count). The lowest BCUT2D eigenvalue weighted by molar-refractivity contribution is 0.0688. The Balaban J connectivity index is 2.44. The minimum atomic E-state index is -1.06. The van der Waals surface area contributed by atoms with Crippen molar-refractivity contribution in [3.05, 3.63) is 35.7 Å². The Kier molecular flexibility index (Phi) is 4.02. The van der Waals surface area contributed by atoms with Crippen LogP contribution in [0.25, 0.3) is 5.69 Å². The maximum Gasteiger partial charge on any atom is 0.358 e. The molecule has 1 N–H and O–H groups in total. The first kappa shape index (κ1) is 14.0. The zero-order chi connectivity index (χ0) is 14.7. The number of ether oxygens (including phenoxy) is 1. The first-order chi connectivity index (χ1) is 9.54. The van der Waals surface area contributed by atoms with Crippen molar-refractivity contribution in [1.29, 1.82) is 0 Å². The van der Waals surface area contributed by atoms with Crippen molar-refractivity contribution in [2.75, 3.05) is 6.61 Å². The Morgan fingerprint density at radius 1 is 1.35 bits per heavy atom. The Hall–Kier alpha value is -2.37. The van der Waals surface area contributed by atoms with E-state index in [1.165, 1.54) is 0 Å². The second-order valence-corrected chi connectivity index (χ2v) is 4.62. The van der Waals surface area contributed by atoms with E-state index in [0.717, 1.165) is 11.4 Å². The third-order valence-electron chi connectivity index (χ3n) is 2.85. The molecule has 0 amide bonds. The van der Waals surface area contributed by atoms with Gasteiger partial charge >= 0.3 is 5.97 Å². The van der Waals surface area contributed by atoms with E-state index in [2.05, 4.69) is 10.3 Å². The summed E-state index contributed by atoms with van der Waals surface area (Å²) >= 11 is 0. The molecule has 0 aliphatic carbocycles. The summed E-state index contributed by atoms with van der Waals surface area (Å²) in [6, 6.07) is 7.31. The minimum Gasteiger partial charge on any atom is -0.494 e. The molecule has 0 fully saturated rings. The number of carbonyl (C=O) groups is 1. The average Bonchev–Trinajstić information content (AvgIpc) is 2.85. The maximum atomic E-state index is 11.2. The first-order valence-corrected chi connectivity index (χ1v) is 6.46. The molecule has 0 saturated heterocycles. The number of hydrogen-bond acceptors (Lipinski definition) is 4. The van der Waals surface area contributed by atoms with Crippen molar-refractivity contribution in [2.24, 2.45) is 0 Å². The molecule has 0 aliphatic rings. The van der Waals surface area contributed by atoms with Gasteiger partial charge in [0.1, 0.15) is 5.75 Å². The van der Waals surface area contributed by atoms with E-state index in [9.17, 15) is 4.79 Å². The van der Waals surface area contributed by atoms with Crippen LogP contribution in [0.5, 0.6) is 5.75 Å². The van der Waals surface area contributed by atoms with E-state index < -0.39 is 5.97 Å². The van der Waals surface area contributed by atoms with Gasteiger partial charge in [-0.15, -0.1) is 5.10 Å². The molecule has 6 nitrogen and oxygen atoms in total. The minimum absolute atomic E-state index is 0.00247. The van der Waals surface area contributed by atoms with E-state index in [1.807, 2.05) is 45.0 Å². The molecule has 2 aromatic rings. The predicted molar refractivity (Wildman–Crippen MR) is 73.6 cm³/mol. The number of aromatic nitrogens is 3. The summed E-state index contributed by atoms with van der Waals surface area (Å²) in [7, 11) is 0. The van der Waals surface area contributed by atoms with Crippen molar-refractivity contribution < 1.29 is 14.6 Å². The molecule has 106 valence electrons. The summed E-state index contributed by atoms with van der Waals surface area (Å²) in [6.45, 7) is 6.34. The van der Waals surface area contributed by atoms with Gasteiger partial charge in [0.25, 0.3) is 0 Å². The summed E-state index contributed by atoms with van der Waals surface area (Å²) in [4.78, 5) is 11.2. The lowest BCUT2D eigenvalue weighted by atomic mass is 10.1. The molecule has 0 spiro atoms. The molecule has 0 atom stereocenters. The van der Waals surface area contributed by atoms with Crippen LogP contribution in [0.2, 0.25) is 0 Å². The van der Waals surface area contributed by atoms with Crippen LogP contribution in [0, 0.1) is 0 Å². The van der Waals surface area contributed by atoms with Gasteiger partial charge < -0.3 is 9.84 Å². The average molecular weight is 275 g/mol. The molecule has 1 aromatic heterocycles. The van der Waals surface area contributed by atoms with Crippen LogP contribution < -0.4 is 4.74 Å². The Labute approximate surface area is 117 Å². The molecule has 0 radical (unpaired) electrons. The summed E-state index contributed by atoms with van der Waals surface area (Å²) in [5, 5.41) is 16.9. The standard InChI is InChI=1S/C14H17N3O3/c1-4-20-11-7-5-10(6-8-11)17-13(9(2)3)12(14(18)19)15-16-17/h5-9H,4H2,1-3H3,(H,18,19). The van der Waals surface area contributed by atoms with Crippen molar-refractivity contribution in [3.63, 3.8) is 0 Å². The van der Waals surface area contributed by atoms with Gasteiger partial charge in [-0.25, -0.2) is 9.48 Å².